The molecule has 0 spiro atoms. The average Bonchev–Trinajstić information content (AvgIpc) is 2.79. The van der Waals surface area contributed by atoms with Crippen molar-refractivity contribution in [1.29, 1.82) is 5.26 Å². The molecule has 3 aromatic rings. The zero-order chi connectivity index (χ0) is 19.8. The first kappa shape index (κ1) is 17.5. The lowest BCUT2D eigenvalue weighted by Gasteiger charge is -2.38. The molecule has 0 atom stereocenters. The Bertz CT molecular complexity index is 1160. The quantitative estimate of drug-likeness (QED) is 0.676. The Kier molecular flexibility index (Phi) is 4.28. The number of fused-ring (bicyclic) bond motifs is 3. The van der Waals surface area contributed by atoms with E-state index in [4.69, 9.17) is 4.42 Å². The number of hydrogen-bond donors (Lipinski definition) is 0. The van der Waals surface area contributed by atoms with Gasteiger partial charge in [-0.25, -0.2) is 9.78 Å². The summed E-state index contributed by atoms with van der Waals surface area (Å²) in [6.07, 6.45) is 3.44. The molecule has 6 heteroatoms. The van der Waals surface area contributed by atoms with Gasteiger partial charge in [-0.15, -0.1) is 0 Å². The first-order valence-corrected chi connectivity index (χ1v) is 9.85. The van der Waals surface area contributed by atoms with Gasteiger partial charge in [0.2, 0.25) is 0 Å². The molecule has 3 heterocycles. The van der Waals surface area contributed by atoms with Crippen molar-refractivity contribution in [3.63, 3.8) is 0 Å². The van der Waals surface area contributed by atoms with E-state index in [0.29, 0.717) is 5.76 Å². The number of aryl methyl sites for hydroxylation is 1. The van der Waals surface area contributed by atoms with Crippen molar-refractivity contribution < 1.29 is 4.42 Å². The molecule has 6 nitrogen and oxygen atoms in total. The Hall–Kier alpha value is -3.59. The summed E-state index contributed by atoms with van der Waals surface area (Å²) >= 11 is 0. The highest BCUT2D eigenvalue weighted by atomic mass is 16.4. The van der Waals surface area contributed by atoms with Crippen molar-refractivity contribution in [2.75, 3.05) is 36.0 Å². The molecular weight excluding hydrogens is 364 g/mol. The van der Waals surface area contributed by atoms with Crippen molar-refractivity contribution in [1.82, 2.24) is 4.98 Å². The van der Waals surface area contributed by atoms with Crippen LogP contribution in [0.1, 0.15) is 16.7 Å². The molecule has 0 saturated carbocycles. The van der Waals surface area contributed by atoms with Crippen molar-refractivity contribution in [2.24, 2.45) is 0 Å². The number of rotatable bonds is 2. The van der Waals surface area contributed by atoms with Crippen LogP contribution in [0, 0.1) is 11.3 Å². The van der Waals surface area contributed by atoms with E-state index >= 15 is 0 Å². The maximum absolute atomic E-state index is 12.6. The molecule has 2 aliphatic rings. The number of anilines is 2. The van der Waals surface area contributed by atoms with E-state index in [2.05, 4.69) is 26.9 Å². The van der Waals surface area contributed by atoms with Crippen LogP contribution in [0.4, 0.5) is 11.5 Å². The van der Waals surface area contributed by atoms with E-state index < -0.39 is 5.63 Å². The van der Waals surface area contributed by atoms with E-state index in [9.17, 15) is 10.1 Å². The van der Waals surface area contributed by atoms with Gasteiger partial charge < -0.3 is 14.2 Å². The number of nitriles is 1. The molecule has 0 bridgehead atoms. The summed E-state index contributed by atoms with van der Waals surface area (Å²) in [6, 6.07) is 16.0. The first-order valence-electron chi connectivity index (χ1n) is 9.85. The van der Waals surface area contributed by atoms with E-state index in [1.807, 2.05) is 36.4 Å². The lowest BCUT2D eigenvalue weighted by Crippen LogP contribution is -2.47. The van der Waals surface area contributed by atoms with Gasteiger partial charge in [0.05, 0.1) is 5.69 Å². The smallest absolute Gasteiger partial charge is 0.356 e. The van der Waals surface area contributed by atoms with E-state index in [0.717, 1.165) is 61.7 Å². The molecule has 2 aromatic heterocycles. The van der Waals surface area contributed by atoms with Crippen molar-refractivity contribution in [2.45, 2.75) is 12.8 Å². The predicted molar refractivity (Wildman–Crippen MR) is 111 cm³/mol. The summed E-state index contributed by atoms with van der Waals surface area (Å²) in [5.41, 5.74) is 3.45. The van der Waals surface area contributed by atoms with Gasteiger partial charge in [0.25, 0.3) is 0 Å². The Balaban J connectivity index is 1.54. The second-order valence-electron chi connectivity index (χ2n) is 7.35. The maximum Gasteiger partial charge on any atom is 0.356 e. The van der Waals surface area contributed by atoms with Crippen LogP contribution in [-0.4, -0.2) is 31.2 Å². The van der Waals surface area contributed by atoms with Crippen molar-refractivity contribution >= 4 is 11.5 Å². The van der Waals surface area contributed by atoms with E-state index in [1.165, 1.54) is 5.56 Å². The third-order valence-corrected chi connectivity index (χ3v) is 5.78. The molecule has 0 radical (unpaired) electrons. The highest BCUT2D eigenvalue weighted by Crippen LogP contribution is 2.39. The number of hydrogen-bond acceptors (Lipinski definition) is 6. The van der Waals surface area contributed by atoms with Crippen LogP contribution in [0.15, 0.2) is 57.9 Å². The largest absolute Gasteiger partial charge is 0.421 e. The lowest BCUT2D eigenvalue weighted by atomic mass is 9.88. The van der Waals surface area contributed by atoms with Gasteiger partial charge in [-0.1, -0.05) is 30.3 Å². The molecule has 1 aliphatic carbocycles. The van der Waals surface area contributed by atoms with Gasteiger partial charge in [0.1, 0.15) is 17.6 Å². The van der Waals surface area contributed by atoms with Gasteiger partial charge in [0.15, 0.2) is 5.56 Å². The topological polar surface area (TPSA) is 73.4 Å². The SMILES string of the molecule is N#Cc1c(N2CCN(c3ccccn3)CC2)c2c(oc1=O)-c1ccccc1CC2. The number of benzene rings is 1. The third kappa shape index (κ3) is 2.95. The minimum atomic E-state index is -0.551. The van der Waals surface area contributed by atoms with Gasteiger partial charge in [-0.05, 0) is 30.5 Å². The zero-order valence-corrected chi connectivity index (χ0v) is 16.0. The molecular formula is C23H20N4O2. The summed E-state index contributed by atoms with van der Waals surface area (Å²) < 4.78 is 5.64. The lowest BCUT2D eigenvalue weighted by molar-refractivity contribution is 0.510. The molecule has 29 heavy (non-hydrogen) atoms. The summed E-state index contributed by atoms with van der Waals surface area (Å²) in [5, 5.41) is 9.70. The van der Waals surface area contributed by atoms with Crippen LogP contribution in [0.5, 0.6) is 0 Å². The summed E-state index contributed by atoms with van der Waals surface area (Å²) in [5.74, 6) is 1.58. The Morgan fingerprint density at radius 2 is 1.72 bits per heavy atom. The number of piperazine rings is 1. The second-order valence-corrected chi connectivity index (χ2v) is 7.35. The van der Waals surface area contributed by atoms with Crippen LogP contribution >= 0.6 is 0 Å². The highest BCUT2D eigenvalue weighted by Gasteiger charge is 2.30. The number of nitrogens with zero attached hydrogens (tertiary/aromatic N) is 4. The van der Waals surface area contributed by atoms with Gasteiger partial charge in [-0.3, -0.25) is 0 Å². The van der Waals surface area contributed by atoms with E-state index in [-0.39, 0.29) is 5.56 Å². The maximum atomic E-state index is 12.6. The van der Waals surface area contributed by atoms with Crippen molar-refractivity contribution in [3.8, 4) is 17.4 Å². The molecule has 5 rings (SSSR count). The molecule has 1 saturated heterocycles. The number of pyridine rings is 1. The molecule has 0 amide bonds. The molecule has 1 aliphatic heterocycles. The fraction of sp³-hybridized carbons (Fsp3) is 0.261. The van der Waals surface area contributed by atoms with Gasteiger partial charge in [-0.2, -0.15) is 5.26 Å². The van der Waals surface area contributed by atoms with Crippen LogP contribution in [0.2, 0.25) is 0 Å². The summed E-state index contributed by atoms with van der Waals surface area (Å²) in [4.78, 5) is 21.5. The third-order valence-electron chi connectivity index (χ3n) is 5.78. The Labute approximate surface area is 168 Å². The van der Waals surface area contributed by atoms with Gasteiger partial charge in [0, 0.05) is 43.5 Å². The fourth-order valence-corrected chi connectivity index (χ4v) is 4.38. The van der Waals surface area contributed by atoms with Crippen LogP contribution in [0.3, 0.4) is 0 Å². The highest BCUT2D eigenvalue weighted by molar-refractivity contribution is 5.77. The van der Waals surface area contributed by atoms with Crippen LogP contribution in [0.25, 0.3) is 11.3 Å². The second kappa shape index (κ2) is 7.10. The normalized spacial score (nSPS) is 15.4. The molecule has 0 N–H and O–H groups in total. The van der Waals surface area contributed by atoms with Gasteiger partial charge >= 0.3 is 5.63 Å². The zero-order valence-electron chi connectivity index (χ0n) is 16.0. The number of aromatic nitrogens is 1. The average molecular weight is 384 g/mol. The molecule has 0 unspecified atom stereocenters. The van der Waals surface area contributed by atoms with Crippen molar-refractivity contribution in [3.05, 3.63) is 75.8 Å². The van der Waals surface area contributed by atoms with Crippen LogP contribution < -0.4 is 15.4 Å². The summed E-state index contributed by atoms with van der Waals surface area (Å²) in [6.45, 7) is 3.02. The Morgan fingerprint density at radius 1 is 0.966 bits per heavy atom. The standard InChI is InChI=1S/C23H20N4O2/c24-15-19-21(27-13-11-26(12-14-27)20-7-3-4-10-25-20)18-9-8-16-5-1-2-6-17(16)22(18)29-23(19)28/h1-7,10H,8-9,11-14H2. The molecule has 144 valence electrons. The van der Waals surface area contributed by atoms with E-state index in [1.54, 1.807) is 6.20 Å². The predicted octanol–water partition coefficient (Wildman–Crippen LogP) is 3.00. The monoisotopic (exact) mass is 384 g/mol. The summed E-state index contributed by atoms with van der Waals surface area (Å²) in [7, 11) is 0. The molecule has 1 fully saturated rings. The Morgan fingerprint density at radius 3 is 2.48 bits per heavy atom. The first-order chi connectivity index (χ1) is 14.3. The molecule has 1 aromatic carbocycles. The minimum absolute atomic E-state index is 0.120. The minimum Gasteiger partial charge on any atom is -0.421 e. The van der Waals surface area contributed by atoms with Crippen LogP contribution in [-0.2, 0) is 12.8 Å². The fourth-order valence-electron chi connectivity index (χ4n) is 4.38.